The fraction of sp³-hybridized carbons (Fsp3) is 0.444. The summed E-state index contributed by atoms with van der Waals surface area (Å²) in [5.41, 5.74) is 7.99. The van der Waals surface area contributed by atoms with Crippen LogP contribution in [0.25, 0.3) is 22.8 Å². The Morgan fingerprint density at radius 2 is 1.94 bits per heavy atom. The minimum absolute atomic E-state index is 0.0422. The van der Waals surface area contributed by atoms with Crippen LogP contribution in [0.2, 0.25) is 5.02 Å². The van der Waals surface area contributed by atoms with Gasteiger partial charge in [0.25, 0.3) is 5.91 Å². The molecule has 2 aliphatic heterocycles. The average Bonchev–Trinajstić information content (AvgIpc) is 3.23. The maximum Gasteiger partial charge on any atom is 0.253 e. The number of nitrogens with one attached hydrogen (secondary N) is 2. The number of benzene rings is 1. The molecule has 180 valence electrons. The number of carbonyl (C=O) groups is 1. The van der Waals surface area contributed by atoms with Gasteiger partial charge >= 0.3 is 0 Å². The van der Waals surface area contributed by atoms with Crippen molar-refractivity contribution in [2.75, 3.05) is 38.1 Å². The highest BCUT2D eigenvalue weighted by Gasteiger charge is 2.45. The molecule has 35 heavy (non-hydrogen) atoms. The molecule has 7 nitrogen and oxygen atoms in total. The van der Waals surface area contributed by atoms with Crippen molar-refractivity contribution in [3.05, 3.63) is 51.8 Å². The van der Waals surface area contributed by atoms with Crippen LogP contribution >= 0.6 is 11.6 Å². The molecule has 0 radical (unpaired) electrons. The Balaban J connectivity index is 1.24. The molecule has 1 aromatic carbocycles. The Labute approximate surface area is 209 Å². The van der Waals surface area contributed by atoms with Crippen molar-refractivity contribution in [2.45, 2.75) is 44.1 Å². The Kier molecular flexibility index (Phi) is 4.77. The molecule has 2 aromatic heterocycles. The van der Waals surface area contributed by atoms with Gasteiger partial charge in [0, 0.05) is 55.6 Å². The molecule has 8 heteroatoms. The minimum Gasteiger partial charge on any atom is -0.368 e. The zero-order valence-electron chi connectivity index (χ0n) is 20.0. The molecule has 2 fully saturated rings. The summed E-state index contributed by atoms with van der Waals surface area (Å²) in [5.74, 6) is 0.739. The predicted molar refractivity (Wildman–Crippen MR) is 137 cm³/mol. The highest BCUT2D eigenvalue weighted by molar-refractivity contribution is 6.33. The van der Waals surface area contributed by atoms with E-state index in [4.69, 9.17) is 16.6 Å². The van der Waals surface area contributed by atoms with Crippen molar-refractivity contribution in [3.63, 3.8) is 0 Å². The van der Waals surface area contributed by atoms with Gasteiger partial charge in [-0.15, -0.1) is 0 Å². The number of aromatic amines is 1. The number of carbonyl (C=O) groups excluding carboxylic acids is 1. The van der Waals surface area contributed by atoms with Crippen molar-refractivity contribution in [2.24, 2.45) is 0 Å². The highest BCUT2D eigenvalue weighted by Crippen LogP contribution is 2.43. The Morgan fingerprint density at radius 1 is 1.11 bits per heavy atom. The Hall–Kier alpha value is -2.90. The van der Waals surface area contributed by atoms with Crippen molar-refractivity contribution >= 4 is 23.2 Å². The van der Waals surface area contributed by atoms with Gasteiger partial charge in [0.15, 0.2) is 5.82 Å². The Bertz CT molecular complexity index is 1350. The van der Waals surface area contributed by atoms with Crippen LogP contribution < -0.4 is 10.2 Å². The SMILES string of the molecule is CN1CCN(c2ccc(-c3ncc4c(n3)-c3[nH]c5c(c3CC4)C(=O)NC3(CCC3)C5)cc2Cl)CC1. The first-order valence-corrected chi connectivity index (χ1v) is 13.0. The first-order chi connectivity index (χ1) is 17.0. The van der Waals surface area contributed by atoms with Gasteiger partial charge in [-0.05, 0) is 68.5 Å². The van der Waals surface area contributed by atoms with Gasteiger partial charge in [-0.1, -0.05) is 11.6 Å². The molecule has 4 aliphatic rings. The van der Waals surface area contributed by atoms with Gasteiger partial charge in [0.2, 0.25) is 0 Å². The van der Waals surface area contributed by atoms with Crippen LogP contribution in [0, 0.1) is 0 Å². The van der Waals surface area contributed by atoms with Crippen molar-refractivity contribution in [3.8, 4) is 22.8 Å². The molecule has 0 atom stereocenters. The van der Waals surface area contributed by atoms with Crippen molar-refractivity contribution in [1.82, 2.24) is 25.2 Å². The zero-order chi connectivity index (χ0) is 23.7. The van der Waals surface area contributed by atoms with E-state index >= 15 is 0 Å². The number of hydrogen-bond acceptors (Lipinski definition) is 5. The van der Waals surface area contributed by atoms with E-state index in [2.05, 4.69) is 44.3 Å². The van der Waals surface area contributed by atoms with Gasteiger partial charge in [-0.2, -0.15) is 0 Å². The molecule has 0 bridgehead atoms. The van der Waals surface area contributed by atoms with E-state index in [1.165, 1.54) is 6.42 Å². The second kappa shape index (κ2) is 7.80. The maximum absolute atomic E-state index is 13.1. The molecule has 7 rings (SSSR count). The standard InChI is InChI=1S/C27H29ClN6O/c1-33-9-11-34(12-10-33)21-6-4-16(13-19(21)28)25-29-15-17-3-5-18-22-20(30-24(18)23(17)31-25)14-27(7-2-8-27)32-26(22)35/h4,6,13,15,30H,2-3,5,7-12,14H2,1H3,(H,32,35). The fourth-order valence-corrected chi connectivity index (χ4v) is 6.50. The van der Waals surface area contributed by atoms with E-state index in [1.54, 1.807) is 0 Å². The predicted octanol–water partition coefficient (Wildman–Crippen LogP) is 3.85. The molecular weight excluding hydrogens is 460 g/mol. The number of nitrogens with zero attached hydrogens (tertiary/aromatic N) is 4. The molecule has 1 spiro atoms. The van der Waals surface area contributed by atoms with Crippen LogP contribution in [0.3, 0.4) is 0 Å². The fourth-order valence-electron chi connectivity index (χ4n) is 6.20. The normalized spacial score (nSPS) is 20.6. The maximum atomic E-state index is 13.1. The zero-order valence-corrected chi connectivity index (χ0v) is 20.7. The first-order valence-electron chi connectivity index (χ1n) is 12.7. The number of halogens is 1. The molecule has 2 aliphatic carbocycles. The van der Waals surface area contributed by atoms with Crippen molar-refractivity contribution in [1.29, 1.82) is 0 Å². The molecule has 1 amide bonds. The lowest BCUT2D eigenvalue weighted by atomic mass is 9.71. The summed E-state index contributed by atoms with van der Waals surface area (Å²) >= 11 is 6.74. The van der Waals surface area contributed by atoms with E-state index in [1.807, 2.05) is 12.3 Å². The average molecular weight is 489 g/mol. The lowest BCUT2D eigenvalue weighted by Gasteiger charge is -2.45. The highest BCUT2D eigenvalue weighted by atomic mass is 35.5. The molecule has 1 saturated carbocycles. The molecule has 2 N–H and O–H groups in total. The Morgan fingerprint density at radius 3 is 2.69 bits per heavy atom. The van der Waals surface area contributed by atoms with E-state index in [0.717, 1.165) is 108 Å². The summed E-state index contributed by atoms with van der Waals surface area (Å²) in [6.07, 6.45) is 7.82. The van der Waals surface area contributed by atoms with E-state index in [0.29, 0.717) is 5.82 Å². The topological polar surface area (TPSA) is 77.2 Å². The van der Waals surface area contributed by atoms with Crippen LogP contribution in [0.5, 0.6) is 0 Å². The number of amides is 1. The number of anilines is 1. The third-order valence-electron chi connectivity index (χ3n) is 8.41. The quantitative estimate of drug-likeness (QED) is 0.573. The largest absolute Gasteiger partial charge is 0.368 e. The van der Waals surface area contributed by atoms with E-state index in [-0.39, 0.29) is 11.4 Å². The third-order valence-corrected chi connectivity index (χ3v) is 8.71. The summed E-state index contributed by atoms with van der Waals surface area (Å²) in [6.45, 7) is 4.02. The summed E-state index contributed by atoms with van der Waals surface area (Å²) in [7, 11) is 2.15. The van der Waals surface area contributed by atoms with Gasteiger partial charge in [-0.25, -0.2) is 9.97 Å². The van der Waals surface area contributed by atoms with Crippen LogP contribution in [0.4, 0.5) is 5.69 Å². The number of aromatic nitrogens is 3. The number of rotatable bonds is 2. The molecule has 0 unspecified atom stereocenters. The number of hydrogen-bond donors (Lipinski definition) is 2. The molecule has 4 heterocycles. The second-order valence-corrected chi connectivity index (χ2v) is 11.0. The van der Waals surface area contributed by atoms with Gasteiger partial charge < -0.3 is 20.1 Å². The van der Waals surface area contributed by atoms with Crippen LogP contribution in [-0.4, -0.2) is 64.5 Å². The van der Waals surface area contributed by atoms with Gasteiger partial charge in [0.05, 0.1) is 27.7 Å². The van der Waals surface area contributed by atoms with E-state index < -0.39 is 0 Å². The number of H-pyrrole nitrogens is 1. The lowest BCUT2D eigenvalue weighted by Crippen LogP contribution is -2.57. The van der Waals surface area contributed by atoms with Crippen molar-refractivity contribution < 1.29 is 4.79 Å². The van der Waals surface area contributed by atoms with Crippen LogP contribution in [0.1, 0.15) is 46.4 Å². The van der Waals surface area contributed by atoms with Gasteiger partial charge in [-0.3, -0.25) is 4.79 Å². The smallest absolute Gasteiger partial charge is 0.253 e. The number of aryl methyl sites for hydroxylation is 1. The first kappa shape index (κ1) is 21.4. The molecule has 3 aromatic rings. The third kappa shape index (κ3) is 3.39. The lowest BCUT2D eigenvalue weighted by molar-refractivity contribution is 0.0793. The number of fused-ring (bicyclic) bond motifs is 5. The monoisotopic (exact) mass is 488 g/mol. The molecular formula is C27H29ClN6O. The summed E-state index contributed by atoms with van der Waals surface area (Å²) < 4.78 is 0. The minimum atomic E-state index is -0.0422. The summed E-state index contributed by atoms with van der Waals surface area (Å²) in [5, 5.41) is 4.04. The van der Waals surface area contributed by atoms with E-state index in [9.17, 15) is 4.79 Å². The summed E-state index contributed by atoms with van der Waals surface area (Å²) in [4.78, 5) is 31.1. The number of likely N-dealkylation sites (N-methyl/N-ethyl adjacent to an activating group) is 1. The second-order valence-electron chi connectivity index (χ2n) is 10.6. The number of piperazine rings is 1. The molecule has 1 saturated heterocycles. The van der Waals surface area contributed by atoms with Crippen LogP contribution in [-0.2, 0) is 19.3 Å². The van der Waals surface area contributed by atoms with Crippen LogP contribution in [0.15, 0.2) is 24.4 Å². The summed E-state index contributed by atoms with van der Waals surface area (Å²) in [6, 6.07) is 6.14. The van der Waals surface area contributed by atoms with Gasteiger partial charge in [0.1, 0.15) is 0 Å².